The first-order valence-corrected chi connectivity index (χ1v) is 11.0. The van der Waals surface area contributed by atoms with E-state index >= 15 is 0 Å². The third kappa shape index (κ3) is 4.95. The number of carbonyl (C=O) groups is 1. The molecule has 8 heteroatoms. The van der Waals surface area contributed by atoms with Crippen molar-refractivity contribution in [2.75, 3.05) is 38.0 Å². The lowest BCUT2D eigenvalue weighted by atomic mass is 10.2. The third-order valence-corrected chi connectivity index (χ3v) is 7.19. The number of carbonyl (C=O) groups excluding carboxylic acids is 1. The molecule has 1 aliphatic rings. The topological polar surface area (TPSA) is 70.9 Å². The summed E-state index contributed by atoms with van der Waals surface area (Å²) >= 11 is 3.46. The van der Waals surface area contributed by atoms with Crippen molar-refractivity contribution in [3.8, 4) is 0 Å². The van der Waals surface area contributed by atoms with Gasteiger partial charge < -0.3 is 10.2 Å². The number of hydrogen-bond acceptors (Lipinski definition) is 3. The second-order valence-electron chi connectivity index (χ2n) is 6.68. The maximum Gasteiger partial charge on any atom is 0.279 e. The average Bonchev–Trinajstić information content (AvgIpc) is 2.65. The van der Waals surface area contributed by atoms with Gasteiger partial charge in [0.1, 0.15) is 0 Å². The van der Waals surface area contributed by atoms with Gasteiger partial charge in [-0.2, -0.15) is 4.31 Å². The quantitative estimate of drug-likeness (QED) is 0.717. The van der Waals surface area contributed by atoms with Crippen molar-refractivity contribution in [1.29, 1.82) is 0 Å². The predicted octanol–water partition coefficient (Wildman–Crippen LogP) is 1.29. The van der Waals surface area contributed by atoms with E-state index in [1.54, 1.807) is 30.3 Å². The van der Waals surface area contributed by atoms with Gasteiger partial charge in [-0.05, 0) is 52.7 Å². The summed E-state index contributed by atoms with van der Waals surface area (Å²) in [6.45, 7) is 4.34. The smallest absolute Gasteiger partial charge is 0.279 e. The Hall–Kier alpha value is -1.74. The highest BCUT2D eigenvalue weighted by molar-refractivity contribution is 9.10. The van der Waals surface area contributed by atoms with Crippen LogP contribution in [0.3, 0.4) is 0 Å². The van der Waals surface area contributed by atoms with Gasteiger partial charge in [0.05, 0.1) is 36.8 Å². The summed E-state index contributed by atoms with van der Waals surface area (Å²) < 4.78 is 27.7. The highest BCUT2D eigenvalue weighted by Gasteiger charge is 2.31. The normalized spacial score (nSPS) is 16.2. The van der Waals surface area contributed by atoms with Gasteiger partial charge in [-0.3, -0.25) is 4.79 Å². The van der Waals surface area contributed by atoms with E-state index in [-0.39, 0.29) is 5.91 Å². The summed E-state index contributed by atoms with van der Waals surface area (Å²) in [7, 11) is -3.46. The van der Waals surface area contributed by atoms with Gasteiger partial charge in [0.2, 0.25) is 10.0 Å². The Labute approximate surface area is 168 Å². The number of nitrogens with one attached hydrogen (secondary N) is 2. The second-order valence-corrected chi connectivity index (χ2v) is 9.47. The lowest BCUT2D eigenvalue weighted by Crippen LogP contribution is -3.15. The second kappa shape index (κ2) is 8.52. The number of sulfonamides is 1. The van der Waals surface area contributed by atoms with Crippen LogP contribution >= 0.6 is 15.9 Å². The average molecular weight is 453 g/mol. The Balaban J connectivity index is 1.54. The monoisotopic (exact) mass is 452 g/mol. The Bertz CT molecular complexity index is 911. The number of rotatable bonds is 5. The Morgan fingerprint density at radius 3 is 2.44 bits per heavy atom. The molecule has 0 bridgehead atoms. The lowest BCUT2D eigenvalue weighted by molar-refractivity contribution is -0.895. The van der Waals surface area contributed by atoms with Crippen LogP contribution in [0.25, 0.3) is 0 Å². The number of nitrogens with zero attached hydrogens (tertiary/aromatic N) is 1. The molecule has 0 aliphatic carbocycles. The number of piperazine rings is 1. The van der Waals surface area contributed by atoms with E-state index in [9.17, 15) is 13.2 Å². The maximum atomic E-state index is 12.7. The van der Waals surface area contributed by atoms with Crippen molar-refractivity contribution < 1.29 is 18.1 Å². The molecule has 2 N–H and O–H groups in total. The molecule has 2 aromatic carbocycles. The highest BCUT2D eigenvalue weighted by atomic mass is 79.9. The van der Waals surface area contributed by atoms with E-state index in [1.165, 1.54) is 4.31 Å². The number of aryl methyl sites for hydroxylation is 1. The van der Waals surface area contributed by atoms with Crippen LogP contribution in [-0.2, 0) is 14.8 Å². The predicted molar refractivity (Wildman–Crippen MR) is 108 cm³/mol. The lowest BCUT2D eigenvalue weighted by Gasteiger charge is -2.31. The number of hydrogen-bond donors (Lipinski definition) is 2. The van der Waals surface area contributed by atoms with Gasteiger partial charge >= 0.3 is 0 Å². The minimum absolute atomic E-state index is 0.0751. The Morgan fingerprint density at radius 1 is 1.15 bits per heavy atom. The molecule has 1 heterocycles. The van der Waals surface area contributed by atoms with Crippen molar-refractivity contribution in [1.82, 2.24) is 4.31 Å². The summed E-state index contributed by atoms with van der Waals surface area (Å²) in [4.78, 5) is 13.7. The molecule has 0 spiro atoms. The summed E-state index contributed by atoms with van der Waals surface area (Å²) in [5, 5.41) is 2.91. The molecule has 6 nitrogen and oxygen atoms in total. The largest absolute Gasteiger partial charge is 0.325 e. The van der Waals surface area contributed by atoms with Crippen LogP contribution in [0, 0.1) is 6.92 Å². The SMILES string of the molecule is Cc1ccc(NC(=O)C[NH+]2CCN(S(=O)(=O)c3ccccc3)CC2)c(Br)c1. The van der Waals surface area contributed by atoms with E-state index in [0.717, 1.165) is 20.6 Å². The van der Waals surface area contributed by atoms with Crippen molar-refractivity contribution in [3.63, 3.8) is 0 Å². The zero-order valence-electron chi connectivity index (χ0n) is 15.1. The van der Waals surface area contributed by atoms with Gasteiger partial charge in [-0.15, -0.1) is 0 Å². The third-order valence-electron chi connectivity index (χ3n) is 4.62. The van der Waals surface area contributed by atoms with Crippen molar-refractivity contribution in [3.05, 3.63) is 58.6 Å². The molecule has 0 atom stereocenters. The van der Waals surface area contributed by atoms with E-state index in [4.69, 9.17) is 0 Å². The first-order valence-electron chi connectivity index (χ1n) is 8.81. The van der Waals surface area contributed by atoms with Gasteiger partial charge in [0.25, 0.3) is 5.91 Å². The highest BCUT2D eigenvalue weighted by Crippen LogP contribution is 2.23. The molecular formula is C19H23BrN3O3S+. The zero-order chi connectivity index (χ0) is 19.4. The number of quaternary nitrogens is 1. The molecular weight excluding hydrogens is 430 g/mol. The fraction of sp³-hybridized carbons (Fsp3) is 0.316. The zero-order valence-corrected chi connectivity index (χ0v) is 17.5. The molecule has 2 aromatic rings. The number of anilines is 1. The standard InChI is InChI=1S/C19H22BrN3O3S/c1-15-7-8-18(17(20)13-15)21-19(24)14-22-9-11-23(12-10-22)27(25,26)16-5-3-2-4-6-16/h2-8,13H,9-12,14H2,1H3,(H,21,24)/p+1. The molecule has 144 valence electrons. The molecule has 3 rings (SSSR count). The van der Waals surface area contributed by atoms with Gasteiger partial charge in [-0.1, -0.05) is 24.3 Å². The summed E-state index contributed by atoms with van der Waals surface area (Å²) in [5.74, 6) is -0.0751. The van der Waals surface area contributed by atoms with Crippen LogP contribution in [0.2, 0.25) is 0 Å². The summed E-state index contributed by atoms with van der Waals surface area (Å²) in [6.07, 6.45) is 0. The number of benzene rings is 2. The fourth-order valence-electron chi connectivity index (χ4n) is 3.10. The van der Waals surface area contributed by atoms with E-state index in [1.807, 2.05) is 25.1 Å². The van der Waals surface area contributed by atoms with Crippen LogP contribution in [0.4, 0.5) is 5.69 Å². The minimum Gasteiger partial charge on any atom is -0.325 e. The summed E-state index contributed by atoms with van der Waals surface area (Å²) in [5.41, 5.74) is 1.86. The van der Waals surface area contributed by atoms with Crippen LogP contribution in [0.5, 0.6) is 0 Å². The van der Waals surface area contributed by atoms with Crippen molar-refractivity contribution in [2.45, 2.75) is 11.8 Å². The molecule has 1 saturated heterocycles. The number of halogens is 1. The molecule has 27 heavy (non-hydrogen) atoms. The minimum atomic E-state index is -3.46. The fourth-order valence-corrected chi connectivity index (χ4v) is 5.16. The molecule has 0 saturated carbocycles. The van der Waals surface area contributed by atoms with Crippen molar-refractivity contribution in [2.24, 2.45) is 0 Å². The van der Waals surface area contributed by atoms with E-state index in [2.05, 4.69) is 21.2 Å². The summed E-state index contributed by atoms with van der Waals surface area (Å²) in [6, 6.07) is 14.2. The maximum absolute atomic E-state index is 12.7. The molecule has 0 aromatic heterocycles. The van der Waals surface area contributed by atoms with Crippen molar-refractivity contribution >= 4 is 37.5 Å². The first-order chi connectivity index (χ1) is 12.9. The van der Waals surface area contributed by atoms with Crippen LogP contribution < -0.4 is 10.2 Å². The molecule has 1 aliphatic heterocycles. The van der Waals surface area contributed by atoms with Crippen LogP contribution in [0.1, 0.15) is 5.56 Å². The van der Waals surface area contributed by atoms with Crippen LogP contribution in [-0.4, -0.2) is 51.4 Å². The van der Waals surface area contributed by atoms with E-state index < -0.39 is 10.0 Å². The first kappa shape index (κ1) is 20.0. The van der Waals surface area contributed by atoms with Crippen LogP contribution in [0.15, 0.2) is 57.9 Å². The van der Waals surface area contributed by atoms with Gasteiger partial charge in [0.15, 0.2) is 6.54 Å². The van der Waals surface area contributed by atoms with Gasteiger partial charge in [-0.25, -0.2) is 8.42 Å². The molecule has 1 fully saturated rings. The molecule has 1 amide bonds. The van der Waals surface area contributed by atoms with E-state index in [0.29, 0.717) is 37.6 Å². The number of amides is 1. The Kier molecular flexibility index (Phi) is 6.31. The molecule has 0 radical (unpaired) electrons. The Morgan fingerprint density at radius 2 is 1.81 bits per heavy atom. The molecule has 0 unspecified atom stereocenters. The van der Waals surface area contributed by atoms with Gasteiger partial charge in [0, 0.05) is 4.47 Å².